The lowest BCUT2D eigenvalue weighted by atomic mass is 10.1. The minimum absolute atomic E-state index is 0.168. The number of nitrogens with one attached hydrogen (secondary N) is 1. The molecule has 0 spiro atoms. The van der Waals surface area contributed by atoms with E-state index in [1.54, 1.807) is 7.11 Å². The zero-order valence-corrected chi connectivity index (χ0v) is 18.9. The van der Waals surface area contributed by atoms with Crippen molar-refractivity contribution in [3.05, 3.63) is 52.9 Å². The van der Waals surface area contributed by atoms with Crippen LogP contribution in [0.1, 0.15) is 37.7 Å². The molecule has 1 aromatic carbocycles. The molecule has 1 N–H and O–H groups in total. The number of aromatic nitrogens is 1. The Morgan fingerprint density at radius 1 is 1.19 bits per heavy atom. The Kier molecular flexibility index (Phi) is 8.03. The van der Waals surface area contributed by atoms with Gasteiger partial charge in [-0.2, -0.15) is 5.26 Å². The predicted molar refractivity (Wildman–Crippen MR) is 119 cm³/mol. The summed E-state index contributed by atoms with van der Waals surface area (Å²) in [5.74, 6) is -0.185. The van der Waals surface area contributed by atoms with Gasteiger partial charge in [0.15, 0.2) is 6.10 Å². The Hall–Kier alpha value is -3.53. The van der Waals surface area contributed by atoms with E-state index in [0.29, 0.717) is 6.54 Å². The maximum atomic E-state index is 12.5. The van der Waals surface area contributed by atoms with E-state index < -0.39 is 18.0 Å². The van der Waals surface area contributed by atoms with Crippen LogP contribution in [0.5, 0.6) is 5.75 Å². The number of esters is 1. The number of rotatable bonds is 8. The summed E-state index contributed by atoms with van der Waals surface area (Å²) in [7, 11) is 1.61. The summed E-state index contributed by atoms with van der Waals surface area (Å²) in [5.41, 5.74) is 3.30. The third kappa shape index (κ3) is 5.98. The minimum Gasteiger partial charge on any atom is -0.497 e. The monoisotopic (exact) mass is 423 g/mol. The highest BCUT2D eigenvalue weighted by atomic mass is 16.5. The molecule has 2 aromatic rings. The summed E-state index contributed by atoms with van der Waals surface area (Å²) >= 11 is 0. The van der Waals surface area contributed by atoms with Crippen molar-refractivity contribution in [1.82, 2.24) is 9.88 Å². The summed E-state index contributed by atoms with van der Waals surface area (Å²) in [6, 6.07) is 11.4. The van der Waals surface area contributed by atoms with Gasteiger partial charge in [-0.05, 0) is 68.7 Å². The number of benzene rings is 1. The molecule has 0 aliphatic heterocycles. The fourth-order valence-corrected chi connectivity index (χ4v) is 3.08. The van der Waals surface area contributed by atoms with Crippen LogP contribution in [-0.2, 0) is 14.3 Å². The lowest BCUT2D eigenvalue weighted by Gasteiger charge is -2.14. The second-order valence-electron chi connectivity index (χ2n) is 7.72. The molecule has 0 aliphatic carbocycles. The smallest absolute Gasteiger partial charge is 0.349 e. The number of carbonyl (C=O) groups is 2. The average Bonchev–Trinajstić information content (AvgIpc) is 3.02. The van der Waals surface area contributed by atoms with Crippen LogP contribution in [0.3, 0.4) is 0 Å². The summed E-state index contributed by atoms with van der Waals surface area (Å²) in [4.78, 5) is 24.5. The van der Waals surface area contributed by atoms with Crippen LogP contribution in [0.25, 0.3) is 11.8 Å². The largest absolute Gasteiger partial charge is 0.497 e. The summed E-state index contributed by atoms with van der Waals surface area (Å²) < 4.78 is 12.4. The Labute approximate surface area is 183 Å². The van der Waals surface area contributed by atoms with E-state index in [1.807, 2.05) is 68.7 Å². The Morgan fingerprint density at radius 2 is 1.84 bits per heavy atom. The summed E-state index contributed by atoms with van der Waals surface area (Å²) in [6.07, 6.45) is 0.499. The van der Waals surface area contributed by atoms with Gasteiger partial charge in [-0.3, -0.25) is 4.79 Å². The van der Waals surface area contributed by atoms with Crippen LogP contribution >= 0.6 is 0 Å². The zero-order valence-electron chi connectivity index (χ0n) is 18.9. The van der Waals surface area contributed by atoms with Crippen molar-refractivity contribution in [2.24, 2.45) is 5.92 Å². The molecule has 1 atom stereocenters. The average molecular weight is 424 g/mol. The SMILES string of the molecule is COc1ccc(-n2c(C)cc(/C=C(\C#N)C(=O)O[C@H](C)C(=O)NCC(C)C)c2C)cc1. The zero-order chi connectivity index (χ0) is 23.1. The second kappa shape index (κ2) is 10.5. The fraction of sp³-hybridized carbons (Fsp3) is 0.375. The quantitative estimate of drug-likeness (QED) is 0.397. The van der Waals surface area contributed by atoms with Gasteiger partial charge in [0.25, 0.3) is 5.91 Å². The van der Waals surface area contributed by atoms with Crippen LogP contribution < -0.4 is 10.1 Å². The fourth-order valence-electron chi connectivity index (χ4n) is 3.08. The number of methoxy groups -OCH3 is 1. The summed E-state index contributed by atoms with van der Waals surface area (Å²) in [6.45, 7) is 9.76. The van der Waals surface area contributed by atoms with E-state index >= 15 is 0 Å². The molecule has 31 heavy (non-hydrogen) atoms. The Morgan fingerprint density at radius 3 is 2.39 bits per heavy atom. The first-order valence-corrected chi connectivity index (χ1v) is 10.1. The van der Waals surface area contributed by atoms with Gasteiger partial charge in [0, 0.05) is 23.6 Å². The highest BCUT2D eigenvalue weighted by Gasteiger charge is 2.21. The van der Waals surface area contributed by atoms with Gasteiger partial charge in [0.05, 0.1) is 7.11 Å². The number of nitrogens with zero attached hydrogens (tertiary/aromatic N) is 2. The molecule has 0 saturated carbocycles. The molecule has 0 fully saturated rings. The van der Waals surface area contributed by atoms with Crippen LogP contribution in [0.4, 0.5) is 0 Å². The third-order valence-corrected chi connectivity index (χ3v) is 4.78. The minimum atomic E-state index is -0.991. The normalized spacial score (nSPS) is 12.3. The first kappa shape index (κ1) is 23.7. The first-order chi connectivity index (χ1) is 14.7. The van der Waals surface area contributed by atoms with Gasteiger partial charge in [-0.15, -0.1) is 0 Å². The Balaban J connectivity index is 2.23. The lowest BCUT2D eigenvalue weighted by Crippen LogP contribution is -2.37. The van der Waals surface area contributed by atoms with Crippen LogP contribution in [0.15, 0.2) is 35.9 Å². The number of hydrogen-bond acceptors (Lipinski definition) is 5. The molecular formula is C24H29N3O4. The molecule has 0 radical (unpaired) electrons. The van der Waals surface area contributed by atoms with E-state index in [-0.39, 0.29) is 11.5 Å². The summed E-state index contributed by atoms with van der Waals surface area (Å²) in [5, 5.41) is 12.2. The number of ether oxygens (including phenoxy) is 2. The first-order valence-electron chi connectivity index (χ1n) is 10.1. The van der Waals surface area contributed by atoms with Crippen LogP contribution in [0.2, 0.25) is 0 Å². The van der Waals surface area contributed by atoms with Crippen LogP contribution in [0, 0.1) is 31.1 Å². The Bertz CT molecular complexity index is 1010. The topological polar surface area (TPSA) is 93.3 Å². The molecule has 1 amide bonds. The van der Waals surface area contributed by atoms with Crippen molar-refractivity contribution < 1.29 is 19.1 Å². The van der Waals surface area contributed by atoms with E-state index in [4.69, 9.17) is 9.47 Å². The predicted octanol–water partition coefficient (Wildman–Crippen LogP) is 3.71. The second-order valence-corrected chi connectivity index (χ2v) is 7.72. The van der Waals surface area contributed by atoms with Crippen molar-refractivity contribution in [2.75, 3.05) is 13.7 Å². The standard InChI is InChI=1S/C24H29N3O4/c1-15(2)14-26-23(28)18(5)31-24(29)20(13-25)12-19-11-16(3)27(17(19)4)21-7-9-22(30-6)10-8-21/h7-12,15,18H,14H2,1-6H3,(H,26,28)/b20-12+/t18-/m1/s1. The van der Waals surface area contributed by atoms with Gasteiger partial charge in [0.2, 0.25) is 0 Å². The molecule has 0 aliphatic rings. The van der Waals surface area contributed by atoms with Crippen molar-refractivity contribution in [3.8, 4) is 17.5 Å². The highest BCUT2D eigenvalue weighted by molar-refractivity contribution is 5.99. The molecule has 164 valence electrons. The van der Waals surface area contributed by atoms with E-state index in [9.17, 15) is 14.9 Å². The maximum Gasteiger partial charge on any atom is 0.349 e. The van der Waals surface area contributed by atoms with Gasteiger partial charge in [0.1, 0.15) is 17.4 Å². The van der Waals surface area contributed by atoms with Crippen molar-refractivity contribution in [1.29, 1.82) is 5.26 Å². The highest BCUT2D eigenvalue weighted by Crippen LogP contribution is 2.24. The lowest BCUT2D eigenvalue weighted by molar-refractivity contribution is -0.150. The number of carbonyl (C=O) groups excluding carboxylic acids is 2. The molecule has 1 heterocycles. The molecule has 7 nitrogen and oxygen atoms in total. The van der Waals surface area contributed by atoms with Crippen molar-refractivity contribution in [2.45, 2.75) is 40.7 Å². The van der Waals surface area contributed by atoms with Gasteiger partial charge in [-0.25, -0.2) is 4.79 Å². The van der Waals surface area contributed by atoms with Crippen molar-refractivity contribution >= 4 is 18.0 Å². The molecule has 2 rings (SSSR count). The number of hydrogen-bond donors (Lipinski definition) is 1. The molecular weight excluding hydrogens is 394 g/mol. The number of aryl methyl sites for hydroxylation is 1. The van der Waals surface area contributed by atoms with Crippen LogP contribution in [-0.4, -0.2) is 36.2 Å². The molecule has 0 saturated heterocycles. The molecule has 1 aromatic heterocycles. The molecule has 0 bridgehead atoms. The van der Waals surface area contributed by atoms with E-state index in [2.05, 4.69) is 5.32 Å². The molecule has 7 heteroatoms. The van der Waals surface area contributed by atoms with Gasteiger partial charge >= 0.3 is 5.97 Å². The number of nitriles is 1. The third-order valence-electron chi connectivity index (χ3n) is 4.78. The molecule has 0 unspecified atom stereocenters. The van der Waals surface area contributed by atoms with Gasteiger partial charge < -0.3 is 19.4 Å². The van der Waals surface area contributed by atoms with Crippen molar-refractivity contribution in [3.63, 3.8) is 0 Å². The van der Waals surface area contributed by atoms with Gasteiger partial charge in [-0.1, -0.05) is 13.8 Å². The van der Waals surface area contributed by atoms with E-state index in [0.717, 1.165) is 28.4 Å². The maximum absolute atomic E-state index is 12.5. The number of amides is 1. The van der Waals surface area contributed by atoms with E-state index in [1.165, 1.54) is 13.0 Å².